The van der Waals surface area contributed by atoms with Crippen molar-refractivity contribution in [2.24, 2.45) is 5.41 Å². The first-order valence-electron chi connectivity index (χ1n) is 11.3. The van der Waals surface area contributed by atoms with Crippen LogP contribution in [-0.4, -0.2) is 61.0 Å². The first kappa shape index (κ1) is 20.6. The smallest absolute Gasteiger partial charge is 0.255 e. The molecule has 3 amide bonds. The van der Waals surface area contributed by atoms with Crippen LogP contribution in [0.5, 0.6) is 0 Å². The highest BCUT2D eigenvalue weighted by Crippen LogP contribution is 2.36. The van der Waals surface area contributed by atoms with Crippen molar-refractivity contribution in [1.82, 2.24) is 20.9 Å². The van der Waals surface area contributed by atoms with Crippen LogP contribution in [0.1, 0.15) is 53.6 Å². The Kier molecular flexibility index (Phi) is 5.54. The van der Waals surface area contributed by atoms with E-state index in [4.69, 9.17) is 4.74 Å². The molecule has 0 aromatic heterocycles. The Bertz CT molecular complexity index is 890. The molecule has 2 atom stereocenters. The van der Waals surface area contributed by atoms with Gasteiger partial charge >= 0.3 is 0 Å². The summed E-state index contributed by atoms with van der Waals surface area (Å²) in [6.07, 6.45) is 4.07. The minimum Gasteiger partial charge on any atom is -0.381 e. The topological polar surface area (TPSA) is 99.8 Å². The van der Waals surface area contributed by atoms with Gasteiger partial charge in [0.2, 0.25) is 11.8 Å². The van der Waals surface area contributed by atoms with E-state index in [1.54, 1.807) is 4.90 Å². The van der Waals surface area contributed by atoms with Crippen LogP contribution >= 0.6 is 0 Å². The molecule has 4 heterocycles. The Morgan fingerprint density at radius 3 is 2.84 bits per heavy atom. The lowest BCUT2D eigenvalue weighted by Crippen LogP contribution is -2.53. The van der Waals surface area contributed by atoms with Crippen LogP contribution in [0.4, 0.5) is 0 Å². The van der Waals surface area contributed by atoms with Crippen LogP contribution in [0.15, 0.2) is 18.2 Å². The van der Waals surface area contributed by atoms with E-state index in [0.717, 1.165) is 63.2 Å². The normalized spacial score (nSPS) is 28.0. The highest BCUT2D eigenvalue weighted by Gasteiger charge is 2.39. The number of fused-ring (bicyclic) bond motifs is 1. The molecule has 1 spiro atoms. The quantitative estimate of drug-likeness (QED) is 0.613. The lowest BCUT2D eigenvalue weighted by Gasteiger charge is -2.44. The molecular formula is C23H30N4O4. The van der Waals surface area contributed by atoms with E-state index in [1.807, 2.05) is 12.1 Å². The van der Waals surface area contributed by atoms with Crippen molar-refractivity contribution in [2.45, 2.75) is 57.3 Å². The summed E-state index contributed by atoms with van der Waals surface area (Å²) in [7, 11) is 0. The van der Waals surface area contributed by atoms with Gasteiger partial charge in [0.1, 0.15) is 6.04 Å². The van der Waals surface area contributed by atoms with Crippen LogP contribution in [0, 0.1) is 5.41 Å². The van der Waals surface area contributed by atoms with Crippen molar-refractivity contribution in [3.05, 3.63) is 34.9 Å². The van der Waals surface area contributed by atoms with Crippen LogP contribution < -0.4 is 16.0 Å². The molecule has 0 radical (unpaired) electrons. The predicted octanol–water partition coefficient (Wildman–Crippen LogP) is 0.696. The van der Waals surface area contributed by atoms with Gasteiger partial charge in [-0.1, -0.05) is 12.1 Å². The number of carbonyl (C=O) groups excluding carboxylic acids is 3. The van der Waals surface area contributed by atoms with Crippen molar-refractivity contribution >= 4 is 17.7 Å². The van der Waals surface area contributed by atoms with E-state index in [2.05, 4.69) is 22.0 Å². The second kappa shape index (κ2) is 8.33. The lowest BCUT2D eigenvalue weighted by atomic mass is 9.73. The van der Waals surface area contributed by atoms with E-state index in [0.29, 0.717) is 30.0 Å². The third kappa shape index (κ3) is 4.12. The molecule has 0 bridgehead atoms. The number of nitrogens with zero attached hydrogens (tertiary/aromatic N) is 1. The van der Waals surface area contributed by atoms with Gasteiger partial charge in [-0.25, -0.2) is 0 Å². The molecule has 0 aliphatic carbocycles. The number of rotatable bonds is 4. The largest absolute Gasteiger partial charge is 0.381 e. The van der Waals surface area contributed by atoms with Gasteiger partial charge < -0.3 is 20.3 Å². The van der Waals surface area contributed by atoms with Crippen molar-refractivity contribution in [1.29, 1.82) is 0 Å². The number of imide groups is 1. The fourth-order valence-electron chi connectivity index (χ4n) is 5.51. The van der Waals surface area contributed by atoms with Gasteiger partial charge in [0, 0.05) is 57.4 Å². The summed E-state index contributed by atoms with van der Waals surface area (Å²) in [6, 6.07) is 5.80. The number of carbonyl (C=O) groups is 3. The third-order valence-electron chi connectivity index (χ3n) is 7.31. The Labute approximate surface area is 182 Å². The van der Waals surface area contributed by atoms with Crippen molar-refractivity contribution in [3.8, 4) is 0 Å². The summed E-state index contributed by atoms with van der Waals surface area (Å²) in [5.74, 6) is -0.758. The second-order valence-corrected chi connectivity index (χ2v) is 9.42. The van der Waals surface area contributed by atoms with E-state index in [-0.39, 0.29) is 24.1 Å². The van der Waals surface area contributed by atoms with E-state index in [9.17, 15) is 14.4 Å². The molecule has 1 aromatic carbocycles. The summed E-state index contributed by atoms with van der Waals surface area (Å²) >= 11 is 0. The number of ether oxygens (including phenoxy) is 1. The summed E-state index contributed by atoms with van der Waals surface area (Å²) in [5.41, 5.74) is 3.11. The lowest BCUT2D eigenvalue weighted by molar-refractivity contribution is -0.136. The highest BCUT2D eigenvalue weighted by molar-refractivity contribution is 6.05. The third-order valence-corrected chi connectivity index (χ3v) is 7.31. The number of hydrogen-bond donors (Lipinski definition) is 3. The second-order valence-electron chi connectivity index (χ2n) is 9.42. The van der Waals surface area contributed by atoms with Gasteiger partial charge in [-0.05, 0) is 48.3 Å². The molecule has 2 unspecified atom stereocenters. The van der Waals surface area contributed by atoms with Crippen molar-refractivity contribution < 1.29 is 19.1 Å². The minimum atomic E-state index is -0.567. The molecule has 0 saturated carbocycles. The zero-order chi connectivity index (χ0) is 21.4. The van der Waals surface area contributed by atoms with Crippen LogP contribution in [-0.2, 0) is 27.4 Å². The van der Waals surface area contributed by atoms with Gasteiger partial charge in [0.15, 0.2) is 0 Å². The highest BCUT2D eigenvalue weighted by atomic mass is 16.5. The molecule has 4 aliphatic heterocycles. The number of hydrogen-bond acceptors (Lipinski definition) is 6. The zero-order valence-electron chi connectivity index (χ0n) is 17.7. The molecule has 3 saturated heterocycles. The summed E-state index contributed by atoms with van der Waals surface area (Å²) < 4.78 is 5.56. The fraction of sp³-hybridized carbons (Fsp3) is 0.609. The Morgan fingerprint density at radius 1 is 1.19 bits per heavy atom. The molecule has 1 aromatic rings. The zero-order valence-corrected chi connectivity index (χ0v) is 17.7. The monoisotopic (exact) mass is 426 g/mol. The Hall–Kier alpha value is -2.29. The molecule has 166 valence electrons. The number of benzene rings is 1. The maximum absolute atomic E-state index is 12.8. The average Bonchev–Trinajstić information content (AvgIpc) is 3.08. The van der Waals surface area contributed by atoms with Crippen LogP contribution in [0.25, 0.3) is 0 Å². The number of amides is 3. The van der Waals surface area contributed by atoms with Gasteiger partial charge in [-0.2, -0.15) is 0 Å². The first-order chi connectivity index (χ1) is 15.0. The Balaban J connectivity index is 1.21. The number of nitrogens with one attached hydrogen (secondary N) is 3. The molecule has 5 rings (SSSR count). The summed E-state index contributed by atoms with van der Waals surface area (Å²) in [4.78, 5) is 38.1. The molecule has 31 heavy (non-hydrogen) atoms. The van der Waals surface area contributed by atoms with Gasteiger partial charge in [-0.3, -0.25) is 19.7 Å². The molecule has 3 fully saturated rings. The van der Waals surface area contributed by atoms with Crippen molar-refractivity contribution in [3.63, 3.8) is 0 Å². The number of piperidine rings is 2. The molecule has 8 heteroatoms. The van der Waals surface area contributed by atoms with Crippen molar-refractivity contribution in [2.75, 3.05) is 26.3 Å². The van der Waals surface area contributed by atoms with E-state index in [1.165, 1.54) is 0 Å². The van der Waals surface area contributed by atoms with E-state index >= 15 is 0 Å². The summed E-state index contributed by atoms with van der Waals surface area (Å²) in [5, 5.41) is 9.64. The maximum atomic E-state index is 12.8. The maximum Gasteiger partial charge on any atom is 0.255 e. The minimum absolute atomic E-state index is 0.123. The molecule has 3 N–H and O–H groups in total. The first-order valence-corrected chi connectivity index (χ1v) is 11.3. The predicted molar refractivity (Wildman–Crippen MR) is 113 cm³/mol. The Morgan fingerprint density at radius 2 is 2.03 bits per heavy atom. The standard InChI is InChI=1S/C23H30N4O4/c28-20-4-3-19(21(29)26-20)27-13-16-9-15(1-2-18(16)22(27)30)11-25-17-10-23(14-24-12-17)5-7-31-8-6-23/h1-2,9,17,19,24-25H,3-8,10-14H2,(H,26,28,29). The molecule has 8 nitrogen and oxygen atoms in total. The average molecular weight is 427 g/mol. The molecule has 4 aliphatic rings. The van der Waals surface area contributed by atoms with Crippen LogP contribution in [0.3, 0.4) is 0 Å². The summed E-state index contributed by atoms with van der Waals surface area (Å²) in [6.45, 7) is 4.93. The SMILES string of the molecule is O=C1CCC(N2Cc3cc(CNC4CNCC5(CCOCC5)C4)ccc3C2=O)C(=O)N1. The van der Waals surface area contributed by atoms with Gasteiger partial charge in [-0.15, -0.1) is 0 Å². The van der Waals surface area contributed by atoms with Gasteiger partial charge in [0.05, 0.1) is 0 Å². The fourth-order valence-corrected chi connectivity index (χ4v) is 5.51. The van der Waals surface area contributed by atoms with Gasteiger partial charge in [0.25, 0.3) is 5.91 Å². The van der Waals surface area contributed by atoms with E-state index < -0.39 is 6.04 Å². The van der Waals surface area contributed by atoms with Crippen LogP contribution in [0.2, 0.25) is 0 Å². The molecular weight excluding hydrogens is 396 g/mol.